The second-order valence-electron chi connectivity index (χ2n) is 6.99. The highest BCUT2D eigenvalue weighted by Gasteiger charge is 2.20. The Morgan fingerprint density at radius 3 is 0.750 bits per heavy atom. The normalized spacial score (nSPS) is 15.8. The molecule has 1 rings (SSSR count). The van der Waals surface area contributed by atoms with Crippen LogP contribution < -0.4 is 0 Å². The Morgan fingerprint density at radius 1 is 0.444 bits per heavy atom. The molecule has 0 amide bonds. The van der Waals surface area contributed by atoms with Crippen molar-refractivity contribution >= 4 is 23.7 Å². The van der Waals surface area contributed by atoms with Gasteiger partial charge in [0.1, 0.15) is 5.78 Å². The zero-order valence-corrected chi connectivity index (χ0v) is 24.2. The molecule has 0 saturated carbocycles. The summed E-state index contributed by atoms with van der Waals surface area (Å²) in [5.41, 5.74) is 0. The number of carbonyl (C=O) groups excluding carboxylic acids is 1. The molecule has 3 N–H and O–H groups in total. The van der Waals surface area contributed by atoms with E-state index in [0.717, 1.165) is 0 Å². The number of hydrogen-bond donors (Lipinski definition) is 3. The van der Waals surface area contributed by atoms with Crippen LogP contribution in [0.2, 0.25) is 0 Å². The summed E-state index contributed by atoms with van der Waals surface area (Å²) in [5.74, 6) is -2.95. The van der Waals surface area contributed by atoms with Gasteiger partial charge in [0.05, 0.1) is 26.2 Å². The predicted octanol–water partition coefficient (Wildman–Crippen LogP) is 2.16. The molecule has 36 heavy (non-hydrogen) atoms. The number of carboxylic acids is 3. The van der Waals surface area contributed by atoms with Gasteiger partial charge in [-0.25, -0.2) is 0 Å². The molecule has 1 heterocycles. The Hall–Kier alpha value is -2.08. The molecular formula is C25H54N4O7. The molecule has 0 unspecified atom stereocenters. The summed E-state index contributed by atoms with van der Waals surface area (Å²) in [6, 6.07) is 0. The van der Waals surface area contributed by atoms with Gasteiger partial charge in [-0.1, -0.05) is 55.4 Å². The monoisotopic (exact) mass is 522 g/mol. The van der Waals surface area contributed by atoms with E-state index in [0.29, 0.717) is 52.4 Å². The number of rotatable bonds is 8. The van der Waals surface area contributed by atoms with Gasteiger partial charge in [-0.15, -0.1) is 0 Å². The first-order valence-corrected chi connectivity index (χ1v) is 13.2. The molecule has 0 aromatic heterocycles. The van der Waals surface area contributed by atoms with Gasteiger partial charge >= 0.3 is 17.9 Å². The molecule has 0 spiro atoms. The van der Waals surface area contributed by atoms with Crippen molar-refractivity contribution < 1.29 is 34.5 Å². The second kappa shape index (κ2) is 29.2. The summed E-state index contributed by atoms with van der Waals surface area (Å²) < 4.78 is 0. The van der Waals surface area contributed by atoms with Gasteiger partial charge < -0.3 is 15.3 Å². The molecule has 0 aliphatic carbocycles. The number of aliphatic carboxylic acids is 3. The van der Waals surface area contributed by atoms with Crippen LogP contribution in [0, 0.1) is 0 Å². The van der Waals surface area contributed by atoms with Crippen LogP contribution in [0.4, 0.5) is 0 Å². The van der Waals surface area contributed by atoms with Gasteiger partial charge in [-0.2, -0.15) is 0 Å². The molecule has 0 aromatic rings. The molecule has 11 nitrogen and oxygen atoms in total. The number of carbonyl (C=O) groups is 4. The van der Waals surface area contributed by atoms with Gasteiger partial charge in [0, 0.05) is 52.4 Å². The fourth-order valence-electron chi connectivity index (χ4n) is 3.10. The molecule has 216 valence electrons. The third-order valence-corrected chi connectivity index (χ3v) is 4.45. The van der Waals surface area contributed by atoms with Gasteiger partial charge in [0.15, 0.2) is 0 Å². The standard InChI is InChI=1S/C17H30N4O7.4C2H6/c1-14(22)10-18-2-4-19(11-15(23)24)6-8-21(13-17(27)28)9-7-20(5-3-18)12-16(25)26;4*1-2/h2-13H2,1H3,(H,23,24)(H,25,26)(H,27,28);4*1-2H3. The van der Waals surface area contributed by atoms with Crippen molar-refractivity contribution in [3.8, 4) is 0 Å². The summed E-state index contributed by atoms with van der Waals surface area (Å²) in [5, 5.41) is 27.3. The topological polar surface area (TPSA) is 142 Å². The summed E-state index contributed by atoms with van der Waals surface area (Å²) in [7, 11) is 0. The van der Waals surface area contributed by atoms with Crippen LogP contribution in [0.25, 0.3) is 0 Å². The van der Waals surface area contributed by atoms with Crippen molar-refractivity contribution in [3.63, 3.8) is 0 Å². The van der Waals surface area contributed by atoms with E-state index in [4.69, 9.17) is 15.3 Å². The number of nitrogens with zero attached hydrogens (tertiary/aromatic N) is 4. The zero-order chi connectivity index (χ0) is 29.1. The van der Waals surface area contributed by atoms with E-state index >= 15 is 0 Å². The molecule has 1 aliphatic heterocycles. The quantitative estimate of drug-likeness (QED) is 0.431. The van der Waals surface area contributed by atoms with Crippen molar-refractivity contribution in [2.75, 3.05) is 78.5 Å². The van der Waals surface area contributed by atoms with Crippen LogP contribution >= 0.6 is 0 Å². The maximum Gasteiger partial charge on any atom is 0.317 e. The van der Waals surface area contributed by atoms with Crippen LogP contribution in [0.1, 0.15) is 62.3 Å². The minimum absolute atomic E-state index is 0.0192. The molecule has 1 fully saturated rings. The summed E-state index contributed by atoms with van der Waals surface area (Å²) in [6.07, 6.45) is 0. The highest BCUT2D eigenvalue weighted by molar-refractivity contribution is 5.77. The Labute approximate surface area is 219 Å². The van der Waals surface area contributed by atoms with Crippen molar-refractivity contribution in [1.29, 1.82) is 0 Å². The lowest BCUT2D eigenvalue weighted by atomic mass is 10.3. The van der Waals surface area contributed by atoms with E-state index < -0.39 is 17.9 Å². The van der Waals surface area contributed by atoms with Gasteiger partial charge in [-0.05, 0) is 6.92 Å². The van der Waals surface area contributed by atoms with Crippen molar-refractivity contribution in [2.24, 2.45) is 0 Å². The average Bonchev–Trinajstić information content (AvgIpc) is 2.84. The Morgan fingerprint density at radius 2 is 0.611 bits per heavy atom. The van der Waals surface area contributed by atoms with Crippen LogP contribution in [0.3, 0.4) is 0 Å². The van der Waals surface area contributed by atoms with Crippen LogP contribution in [0.15, 0.2) is 0 Å². The number of ketones is 1. The lowest BCUT2D eigenvalue weighted by Crippen LogP contribution is -2.49. The molecule has 1 aliphatic rings. The van der Waals surface area contributed by atoms with E-state index in [1.807, 2.05) is 60.3 Å². The lowest BCUT2D eigenvalue weighted by Gasteiger charge is -2.32. The summed E-state index contributed by atoms with van der Waals surface area (Å²) in [4.78, 5) is 51.9. The zero-order valence-electron chi connectivity index (χ0n) is 24.2. The minimum Gasteiger partial charge on any atom is -0.480 e. The van der Waals surface area contributed by atoms with E-state index in [9.17, 15) is 19.2 Å². The number of hydrogen-bond acceptors (Lipinski definition) is 8. The Bertz CT molecular complexity index is 451. The minimum atomic E-state index is -0.991. The molecule has 0 atom stereocenters. The van der Waals surface area contributed by atoms with Crippen LogP contribution in [-0.4, -0.2) is 137 Å². The van der Waals surface area contributed by atoms with Gasteiger partial charge in [-0.3, -0.25) is 38.8 Å². The third kappa shape index (κ3) is 26.5. The second-order valence-corrected chi connectivity index (χ2v) is 6.99. The first-order valence-electron chi connectivity index (χ1n) is 13.2. The maximum atomic E-state index is 11.5. The van der Waals surface area contributed by atoms with Crippen molar-refractivity contribution in [1.82, 2.24) is 19.6 Å². The first-order chi connectivity index (χ1) is 17.2. The molecule has 0 bridgehead atoms. The Balaban J connectivity index is -0.000000579. The molecule has 0 aromatic carbocycles. The van der Waals surface area contributed by atoms with Crippen molar-refractivity contribution in [3.05, 3.63) is 0 Å². The molecular weight excluding hydrogens is 468 g/mol. The molecule has 1 saturated heterocycles. The van der Waals surface area contributed by atoms with Gasteiger partial charge in [0.25, 0.3) is 0 Å². The van der Waals surface area contributed by atoms with Gasteiger partial charge in [0.2, 0.25) is 0 Å². The van der Waals surface area contributed by atoms with Crippen molar-refractivity contribution in [2.45, 2.75) is 62.3 Å². The predicted molar refractivity (Wildman–Crippen MR) is 145 cm³/mol. The van der Waals surface area contributed by atoms with E-state index in [1.165, 1.54) is 6.92 Å². The van der Waals surface area contributed by atoms with Crippen LogP contribution in [0.5, 0.6) is 0 Å². The number of carboxylic acid groups (broad SMARTS) is 3. The third-order valence-electron chi connectivity index (χ3n) is 4.45. The summed E-state index contributed by atoms with van der Waals surface area (Å²) >= 11 is 0. The Kier molecular flexibility index (Phi) is 33.3. The fourth-order valence-corrected chi connectivity index (χ4v) is 3.10. The molecule has 0 radical (unpaired) electrons. The fraction of sp³-hybridized carbons (Fsp3) is 0.840. The summed E-state index contributed by atoms with van der Waals surface area (Å²) in [6.45, 7) is 20.4. The largest absolute Gasteiger partial charge is 0.480 e. The SMILES string of the molecule is CC.CC.CC.CC.CC(=O)CN1CCN(CC(=O)O)CCN(CC(=O)O)CCN(CC(=O)O)CC1. The highest BCUT2D eigenvalue weighted by Crippen LogP contribution is 2.01. The highest BCUT2D eigenvalue weighted by atomic mass is 16.4. The van der Waals surface area contributed by atoms with E-state index in [2.05, 4.69) is 0 Å². The number of Topliss-reactive ketones (excluding diaryl/α,β-unsaturated/α-hetero) is 1. The van der Waals surface area contributed by atoms with E-state index in [1.54, 1.807) is 14.7 Å². The molecule has 11 heteroatoms. The van der Waals surface area contributed by atoms with Crippen LogP contribution in [-0.2, 0) is 19.2 Å². The average molecular weight is 523 g/mol. The lowest BCUT2D eigenvalue weighted by molar-refractivity contribution is -0.140. The smallest absolute Gasteiger partial charge is 0.317 e. The first kappa shape index (κ1) is 41.1. The maximum absolute atomic E-state index is 11.5. The van der Waals surface area contributed by atoms with E-state index in [-0.39, 0.29) is 32.0 Å².